The third-order valence-corrected chi connectivity index (χ3v) is 4.81. The summed E-state index contributed by atoms with van der Waals surface area (Å²) < 4.78 is 0. The molecule has 1 heterocycles. The molecule has 0 saturated carbocycles. The lowest BCUT2D eigenvalue weighted by Crippen LogP contribution is -2.37. The lowest BCUT2D eigenvalue weighted by molar-refractivity contribution is -0.121. The molecule has 24 heavy (non-hydrogen) atoms. The highest BCUT2D eigenvalue weighted by molar-refractivity contribution is 6.30. The maximum absolute atomic E-state index is 12.4. The van der Waals surface area contributed by atoms with Crippen molar-refractivity contribution < 1.29 is 4.79 Å². The average Bonchev–Trinajstić information content (AvgIpc) is 2.57. The maximum atomic E-state index is 12.4. The summed E-state index contributed by atoms with van der Waals surface area (Å²) in [6.07, 6.45) is 1.82. The van der Waals surface area contributed by atoms with Crippen LogP contribution >= 0.6 is 11.6 Å². The van der Waals surface area contributed by atoms with E-state index in [0.717, 1.165) is 38.2 Å². The standard InChI is InChI=1S/C20H23ClN2O/c1-15-3-2-4-16(13-15)14-23-11-9-17(10-12-23)20(24)22-19-7-5-18(21)6-8-19/h2-8,13,17H,9-12,14H2,1H3,(H,22,24). The van der Waals surface area contributed by atoms with Crippen LogP contribution in [0.5, 0.6) is 0 Å². The van der Waals surface area contributed by atoms with E-state index in [1.54, 1.807) is 12.1 Å². The van der Waals surface area contributed by atoms with Crippen molar-refractivity contribution >= 4 is 23.2 Å². The number of hydrogen-bond donors (Lipinski definition) is 1. The Balaban J connectivity index is 1.49. The second-order valence-electron chi connectivity index (χ2n) is 6.54. The number of amides is 1. The van der Waals surface area contributed by atoms with Crippen LogP contribution in [0, 0.1) is 12.8 Å². The first-order chi connectivity index (χ1) is 11.6. The minimum Gasteiger partial charge on any atom is -0.326 e. The number of carbonyl (C=O) groups is 1. The molecule has 2 aromatic rings. The van der Waals surface area contributed by atoms with Gasteiger partial charge in [-0.25, -0.2) is 0 Å². The molecule has 0 aromatic heterocycles. The Hall–Kier alpha value is -1.84. The summed E-state index contributed by atoms with van der Waals surface area (Å²) in [6.45, 7) is 5.02. The van der Waals surface area contributed by atoms with Crippen molar-refractivity contribution in [1.82, 2.24) is 4.90 Å². The van der Waals surface area contributed by atoms with Crippen molar-refractivity contribution in [2.24, 2.45) is 5.92 Å². The van der Waals surface area contributed by atoms with E-state index in [1.807, 2.05) is 12.1 Å². The summed E-state index contributed by atoms with van der Waals surface area (Å²) in [4.78, 5) is 14.8. The Bertz CT molecular complexity index is 691. The normalized spacial score (nSPS) is 16.1. The fraction of sp³-hybridized carbons (Fsp3) is 0.350. The smallest absolute Gasteiger partial charge is 0.227 e. The van der Waals surface area contributed by atoms with Gasteiger partial charge in [0.05, 0.1) is 0 Å². The number of benzene rings is 2. The number of carbonyl (C=O) groups excluding carboxylic acids is 1. The van der Waals surface area contributed by atoms with Gasteiger partial charge in [0.1, 0.15) is 0 Å². The zero-order valence-electron chi connectivity index (χ0n) is 14.0. The first-order valence-electron chi connectivity index (χ1n) is 8.44. The number of halogens is 1. The molecule has 1 amide bonds. The fourth-order valence-corrected chi connectivity index (χ4v) is 3.33. The molecular weight excluding hydrogens is 320 g/mol. The molecule has 0 spiro atoms. The summed E-state index contributed by atoms with van der Waals surface area (Å²) in [7, 11) is 0. The summed E-state index contributed by atoms with van der Waals surface area (Å²) in [5.41, 5.74) is 3.45. The second kappa shape index (κ2) is 7.82. The van der Waals surface area contributed by atoms with E-state index in [9.17, 15) is 4.79 Å². The van der Waals surface area contributed by atoms with Crippen LogP contribution in [0.2, 0.25) is 5.02 Å². The summed E-state index contributed by atoms with van der Waals surface area (Å²) >= 11 is 5.87. The molecule has 2 aromatic carbocycles. The lowest BCUT2D eigenvalue weighted by atomic mass is 9.95. The second-order valence-corrected chi connectivity index (χ2v) is 6.97. The number of likely N-dealkylation sites (tertiary alicyclic amines) is 1. The molecule has 0 unspecified atom stereocenters. The highest BCUT2D eigenvalue weighted by Gasteiger charge is 2.25. The number of anilines is 1. The summed E-state index contributed by atoms with van der Waals surface area (Å²) in [5, 5.41) is 3.67. The zero-order valence-corrected chi connectivity index (χ0v) is 14.7. The first-order valence-corrected chi connectivity index (χ1v) is 8.82. The number of rotatable bonds is 4. The van der Waals surface area contributed by atoms with Gasteiger partial charge in [0, 0.05) is 23.2 Å². The first kappa shape index (κ1) is 17.0. The molecule has 0 atom stereocenters. The van der Waals surface area contributed by atoms with Gasteiger partial charge >= 0.3 is 0 Å². The van der Waals surface area contributed by atoms with E-state index in [2.05, 4.69) is 41.4 Å². The third kappa shape index (κ3) is 4.59. The largest absolute Gasteiger partial charge is 0.326 e. The molecule has 0 aliphatic carbocycles. The lowest BCUT2D eigenvalue weighted by Gasteiger charge is -2.31. The van der Waals surface area contributed by atoms with Crippen molar-refractivity contribution in [1.29, 1.82) is 0 Å². The molecule has 1 saturated heterocycles. The van der Waals surface area contributed by atoms with Crippen LogP contribution < -0.4 is 5.32 Å². The summed E-state index contributed by atoms with van der Waals surface area (Å²) in [6, 6.07) is 15.9. The van der Waals surface area contributed by atoms with Gasteiger partial charge in [0.15, 0.2) is 0 Å². The molecule has 1 fully saturated rings. The predicted octanol–water partition coefficient (Wildman–Crippen LogP) is 4.50. The SMILES string of the molecule is Cc1cccc(CN2CCC(C(=O)Nc3ccc(Cl)cc3)CC2)c1. The van der Waals surface area contributed by atoms with Crippen molar-refractivity contribution in [3.05, 3.63) is 64.7 Å². The van der Waals surface area contributed by atoms with E-state index in [-0.39, 0.29) is 11.8 Å². The summed E-state index contributed by atoms with van der Waals surface area (Å²) in [5.74, 6) is 0.210. The zero-order chi connectivity index (χ0) is 16.9. The van der Waals surface area contributed by atoms with Gasteiger partial charge in [-0.2, -0.15) is 0 Å². The molecule has 3 nitrogen and oxygen atoms in total. The molecule has 3 rings (SSSR count). The number of hydrogen-bond acceptors (Lipinski definition) is 2. The van der Waals surface area contributed by atoms with Crippen molar-refractivity contribution in [2.75, 3.05) is 18.4 Å². The van der Waals surface area contributed by atoms with Gasteiger partial charge in [-0.1, -0.05) is 41.4 Å². The van der Waals surface area contributed by atoms with Crippen LogP contribution in [-0.2, 0) is 11.3 Å². The van der Waals surface area contributed by atoms with Gasteiger partial charge < -0.3 is 5.32 Å². The molecule has 1 aliphatic rings. The molecule has 0 radical (unpaired) electrons. The molecular formula is C20H23ClN2O. The minimum absolute atomic E-state index is 0.0921. The van der Waals surface area contributed by atoms with Gasteiger partial charge in [0.25, 0.3) is 0 Å². The monoisotopic (exact) mass is 342 g/mol. The Morgan fingerprint density at radius 2 is 1.88 bits per heavy atom. The predicted molar refractivity (Wildman–Crippen MR) is 99.3 cm³/mol. The van der Waals surface area contributed by atoms with Crippen LogP contribution in [-0.4, -0.2) is 23.9 Å². The third-order valence-electron chi connectivity index (χ3n) is 4.56. The van der Waals surface area contributed by atoms with E-state index < -0.39 is 0 Å². The van der Waals surface area contributed by atoms with E-state index in [0.29, 0.717) is 5.02 Å². The minimum atomic E-state index is 0.0921. The molecule has 4 heteroatoms. The Labute approximate surface area is 148 Å². The van der Waals surface area contributed by atoms with Crippen molar-refractivity contribution in [2.45, 2.75) is 26.3 Å². The Kier molecular flexibility index (Phi) is 5.54. The number of nitrogens with one attached hydrogen (secondary N) is 1. The quantitative estimate of drug-likeness (QED) is 0.887. The molecule has 1 N–H and O–H groups in total. The van der Waals surface area contributed by atoms with E-state index >= 15 is 0 Å². The molecule has 126 valence electrons. The van der Waals surface area contributed by atoms with E-state index in [1.165, 1.54) is 11.1 Å². The van der Waals surface area contributed by atoms with Crippen LogP contribution in [0.15, 0.2) is 48.5 Å². The fourth-order valence-electron chi connectivity index (χ4n) is 3.20. The topological polar surface area (TPSA) is 32.3 Å². The van der Waals surface area contributed by atoms with Gasteiger partial charge in [0.2, 0.25) is 5.91 Å². The van der Waals surface area contributed by atoms with Crippen LogP contribution in [0.1, 0.15) is 24.0 Å². The Morgan fingerprint density at radius 3 is 2.54 bits per heavy atom. The average molecular weight is 343 g/mol. The van der Waals surface area contributed by atoms with Crippen LogP contribution in [0.25, 0.3) is 0 Å². The highest BCUT2D eigenvalue weighted by Crippen LogP contribution is 2.22. The van der Waals surface area contributed by atoms with Gasteiger partial charge in [-0.15, -0.1) is 0 Å². The number of nitrogens with zero attached hydrogens (tertiary/aromatic N) is 1. The van der Waals surface area contributed by atoms with Crippen molar-refractivity contribution in [3.8, 4) is 0 Å². The highest BCUT2D eigenvalue weighted by atomic mass is 35.5. The van der Waals surface area contributed by atoms with Crippen LogP contribution in [0.4, 0.5) is 5.69 Å². The molecule has 0 bridgehead atoms. The Morgan fingerprint density at radius 1 is 1.17 bits per heavy atom. The number of aryl methyl sites for hydroxylation is 1. The van der Waals surface area contributed by atoms with Gasteiger partial charge in [-0.05, 0) is 62.7 Å². The van der Waals surface area contributed by atoms with E-state index in [4.69, 9.17) is 11.6 Å². The maximum Gasteiger partial charge on any atom is 0.227 e. The van der Waals surface area contributed by atoms with Crippen LogP contribution in [0.3, 0.4) is 0 Å². The molecule has 1 aliphatic heterocycles. The van der Waals surface area contributed by atoms with Gasteiger partial charge in [-0.3, -0.25) is 9.69 Å². The van der Waals surface area contributed by atoms with Crippen molar-refractivity contribution in [3.63, 3.8) is 0 Å². The number of piperidine rings is 1.